The summed E-state index contributed by atoms with van der Waals surface area (Å²) < 4.78 is 32.8. The van der Waals surface area contributed by atoms with Gasteiger partial charge in [0, 0.05) is 25.2 Å². The lowest BCUT2D eigenvalue weighted by atomic mass is 9.89. The van der Waals surface area contributed by atoms with E-state index in [0.717, 1.165) is 44.4 Å². The predicted molar refractivity (Wildman–Crippen MR) is 235 cm³/mol. The molecule has 6 N–H and O–H groups in total. The van der Waals surface area contributed by atoms with Gasteiger partial charge in [0.2, 0.25) is 0 Å². The monoisotopic (exact) mass is 877 g/mol. The van der Waals surface area contributed by atoms with Gasteiger partial charge in [-0.1, -0.05) is 154 Å². The lowest BCUT2D eigenvalue weighted by molar-refractivity contribution is -0.161. The van der Waals surface area contributed by atoms with Gasteiger partial charge < -0.3 is 39.9 Å². The normalized spacial score (nSPS) is 20.8. The van der Waals surface area contributed by atoms with E-state index in [-0.39, 0.29) is 37.7 Å². The molecule has 1 aliphatic rings. The summed E-state index contributed by atoms with van der Waals surface area (Å²) >= 11 is 0. The van der Waals surface area contributed by atoms with Crippen molar-refractivity contribution in [3.8, 4) is 0 Å². The highest BCUT2D eigenvalue weighted by atomic mass is 31.2. The van der Waals surface area contributed by atoms with Crippen LogP contribution in [0, 0.1) is 17.8 Å². The molecule has 1 aliphatic carbocycles. The van der Waals surface area contributed by atoms with E-state index in [0.29, 0.717) is 32.1 Å². The van der Waals surface area contributed by atoms with Crippen LogP contribution in [-0.4, -0.2) is 99.3 Å². The largest absolute Gasteiger partial charge is 0.472 e. The second-order valence-corrected chi connectivity index (χ2v) is 18.7. The zero-order valence-electron chi connectivity index (χ0n) is 37.4. The van der Waals surface area contributed by atoms with Crippen LogP contribution < -0.4 is 0 Å². The molecule has 0 radical (unpaired) electrons. The number of esters is 2. The standard InChI is InChI=1S/C46H85O13P/c1-4-5-20-26-38(48)30-31-42-41(43(50)32-44(42)51)27-22-18-19-24-29-46(53)59-40(36-58-60(54,55)57-34-39(49)33-47)35-56-45(52)28-23-17-15-13-11-9-7-6-8-10-12-14-16-21-25-37(2)3/h18,22,30-31,37-44,47-51H,4-17,19-21,23-29,32-36H2,1-3H3,(H,54,55)/b22-18+,31-30+/t38-,39-,40+,41+,42+,43-,44+/m0/s1. The van der Waals surface area contributed by atoms with Gasteiger partial charge in [-0.2, -0.15) is 0 Å². The van der Waals surface area contributed by atoms with Gasteiger partial charge in [0.1, 0.15) is 12.7 Å². The smallest absolute Gasteiger partial charge is 0.462 e. The summed E-state index contributed by atoms with van der Waals surface area (Å²) in [6.45, 7) is 4.35. The van der Waals surface area contributed by atoms with Crippen LogP contribution in [0.4, 0.5) is 0 Å². The molecule has 0 aromatic heterocycles. The summed E-state index contributed by atoms with van der Waals surface area (Å²) in [5, 5.41) is 49.7. The Bertz CT molecular complexity index is 1180. The molecule has 13 nitrogen and oxygen atoms in total. The van der Waals surface area contributed by atoms with Crippen molar-refractivity contribution < 1.29 is 63.1 Å². The molecule has 8 atom stereocenters. The number of carbonyl (C=O) groups excluding carboxylic acids is 2. The quantitative estimate of drug-likeness (QED) is 0.0148. The molecular formula is C46H85O13P. The SMILES string of the molecule is CCCCC[C@H](O)/C=C/[C@@H]1[C@@H](C/C=C/CCCC(=O)O[C@H](COC(=O)CCCCCCCCCCCCCCCCC(C)C)COP(=O)(O)OC[C@@H](O)CO)[C@@H](O)C[C@H]1O. The Morgan fingerprint density at radius 2 is 1.28 bits per heavy atom. The minimum Gasteiger partial charge on any atom is -0.462 e. The third-order valence-electron chi connectivity index (χ3n) is 11.1. The molecule has 1 saturated carbocycles. The first-order valence-electron chi connectivity index (χ1n) is 23.4. The van der Waals surface area contributed by atoms with Crippen LogP contribution in [-0.2, 0) is 32.7 Å². The highest BCUT2D eigenvalue weighted by Gasteiger charge is 2.39. The first-order chi connectivity index (χ1) is 28.8. The molecule has 0 aromatic rings. The van der Waals surface area contributed by atoms with E-state index in [4.69, 9.17) is 19.1 Å². The number of carbonyl (C=O) groups is 2. The maximum atomic E-state index is 12.7. The van der Waals surface area contributed by atoms with E-state index in [1.165, 1.54) is 70.6 Å². The molecular weight excluding hydrogens is 791 g/mol. The van der Waals surface area contributed by atoms with Crippen molar-refractivity contribution >= 4 is 19.8 Å². The van der Waals surface area contributed by atoms with E-state index in [1.807, 2.05) is 18.2 Å². The van der Waals surface area contributed by atoms with E-state index < -0.39 is 70.1 Å². The third kappa shape index (κ3) is 30.4. The summed E-state index contributed by atoms with van der Waals surface area (Å²) in [7, 11) is -4.69. The third-order valence-corrected chi connectivity index (χ3v) is 12.1. The molecule has 352 valence electrons. The molecule has 0 aromatic carbocycles. The van der Waals surface area contributed by atoms with E-state index in [9.17, 15) is 39.5 Å². The van der Waals surface area contributed by atoms with E-state index in [2.05, 4.69) is 25.3 Å². The van der Waals surface area contributed by atoms with Gasteiger partial charge in [-0.05, 0) is 43.9 Å². The van der Waals surface area contributed by atoms with Crippen LogP contribution in [0.5, 0.6) is 0 Å². The highest BCUT2D eigenvalue weighted by Crippen LogP contribution is 2.43. The summed E-state index contributed by atoms with van der Waals surface area (Å²) in [6.07, 6.45) is 26.7. The van der Waals surface area contributed by atoms with Crippen LogP contribution in [0.1, 0.15) is 181 Å². The molecule has 0 saturated heterocycles. The van der Waals surface area contributed by atoms with Crippen LogP contribution in [0.2, 0.25) is 0 Å². The molecule has 1 fully saturated rings. The van der Waals surface area contributed by atoms with Crippen LogP contribution >= 0.6 is 7.82 Å². The second kappa shape index (κ2) is 35.8. The second-order valence-electron chi connectivity index (χ2n) is 17.2. The van der Waals surface area contributed by atoms with E-state index in [1.54, 1.807) is 6.08 Å². The summed E-state index contributed by atoms with van der Waals surface area (Å²) in [4.78, 5) is 35.2. The molecule has 0 amide bonds. The fourth-order valence-corrected chi connectivity index (χ4v) is 8.20. The Morgan fingerprint density at radius 3 is 1.88 bits per heavy atom. The van der Waals surface area contributed by atoms with Crippen molar-refractivity contribution in [3.05, 3.63) is 24.3 Å². The van der Waals surface area contributed by atoms with Gasteiger partial charge in [-0.15, -0.1) is 0 Å². The molecule has 60 heavy (non-hydrogen) atoms. The number of hydrogen-bond acceptors (Lipinski definition) is 12. The topological polar surface area (TPSA) is 210 Å². The Kier molecular flexibility index (Phi) is 33.6. The first-order valence-corrected chi connectivity index (χ1v) is 24.9. The van der Waals surface area contributed by atoms with Crippen molar-refractivity contribution in [2.24, 2.45) is 17.8 Å². The molecule has 0 bridgehead atoms. The van der Waals surface area contributed by atoms with Gasteiger partial charge in [0.15, 0.2) is 6.10 Å². The molecule has 0 heterocycles. The Hall–Kier alpha value is -1.67. The zero-order valence-corrected chi connectivity index (χ0v) is 38.3. The van der Waals surface area contributed by atoms with Crippen molar-refractivity contribution in [2.45, 2.75) is 212 Å². The van der Waals surface area contributed by atoms with Gasteiger partial charge in [-0.25, -0.2) is 4.57 Å². The average Bonchev–Trinajstić information content (AvgIpc) is 3.48. The minimum atomic E-state index is -4.69. The van der Waals surface area contributed by atoms with Crippen molar-refractivity contribution in [3.63, 3.8) is 0 Å². The number of phosphoric acid groups is 1. The van der Waals surface area contributed by atoms with Crippen LogP contribution in [0.15, 0.2) is 24.3 Å². The van der Waals surface area contributed by atoms with Crippen molar-refractivity contribution in [1.82, 2.24) is 0 Å². The summed E-state index contributed by atoms with van der Waals surface area (Å²) in [5.41, 5.74) is 0. The predicted octanol–water partition coefficient (Wildman–Crippen LogP) is 8.80. The zero-order chi connectivity index (χ0) is 44.4. The van der Waals surface area contributed by atoms with Gasteiger partial charge >= 0.3 is 19.8 Å². The number of ether oxygens (including phenoxy) is 2. The number of allylic oxidation sites excluding steroid dienone is 2. The van der Waals surface area contributed by atoms with Crippen molar-refractivity contribution in [2.75, 3.05) is 26.4 Å². The Morgan fingerprint density at radius 1 is 0.717 bits per heavy atom. The van der Waals surface area contributed by atoms with Crippen LogP contribution in [0.25, 0.3) is 0 Å². The minimum absolute atomic E-state index is 0.00942. The van der Waals surface area contributed by atoms with Gasteiger partial charge in [-0.3, -0.25) is 18.6 Å². The molecule has 14 heteroatoms. The molecule has 1 unspecified atom stereocenters. The fourth-order valence-electron chi connectivity index (χ4n) is 7.41. The van der Waals surface area contributed by atoms with Gasteiger partial charge in [0.25, 0.3) is 0 Å². The number of aliphatic hydroxyl groups is 5. The van der Waals surface area contributed by atoms with E-state index >= 15 is 0 Å². The first kappa shape index (κ1) is 56.3. The van der Waals surface area contributed by atoms with Crippen LogP contribution in [0.3, 0.4) is 0 Å². The number of unbranched alkanes of at least 4 members (excludes halogenated alkanes) is 16. The number of rotatable bonds is 39. The number of aliphatic hydroxyl groups excluding tert-OH is 5. The summed E-state index contributed by atoms with van der Waals surface area (Å²) in [5.74, 6) is -0.758. The fraction of sp³-hybridized carbons (Fsp3) is 0.870. The van der Waals surface area contributed by atoms with Gasteiger partial charge in [0.05, 0.1) is 38.1 Å². The Labute approximate surface area is 362 Å². The maximum absolute atomic E-state index is 12.7. The number of phosphoric ester groups is 1. The van der Waals surface area contributed by atoms with Crippen molar-refractivity contribution in [1.29, 1.82) is 0 Å². The highest BCUT2D eigenvalue weighted by molar-refractivity contribution is 7.47. The Balaban J connectivity index is 2.43. The average molecular weight is 877 g/mol. The maximum Gasteiger partial charge on any atom is 0.472 e. The lowest BCUT2D eigenvalue weighted by Gasteiger charge is -2.20. The lowest BCUT2D eigenvalue weighted by Crippen LogP contribution is -2.29. The summed E-state index contributed by atoms with van der Waals surface area (Å²) in [6, 6.07) is 0. The number of hydrogen-bond donors (Lipinski definition) is 6. The molecule has 0 spiro atoms. The molecule has 0 aliphatic heterocycles. The molecule has 1 rings (SSSR count).